The summed E-state index contributed by atoms with van der Waals surface area (Å²) in [4.78, 5) is 25.7. The van der Waals surface area contributed by atoms with E-state index in [-0.39, 0.29) is 30.1 Å². The van der Waals surface area contributed by atoms with Crippen molar-refractivity contribution in [1.82, 2.24) is 15.5 Å². The molecule has 124 valence electrons. The van der Waals surface area contributed by atoms with E-state index in [2.05, 4.69) is 10.6 Å². The lowest BCUT2D eigenvalue weighted by Crippen LogP contribution is -2.46. The Morgan fingerprint density at radius 1 is 1.38 bits per heavy atom. The topological polar surface area (TPSA) is 61.4 Å². The fourth-order valence-electron chi connectivity index (χ4n) is 2.71. The predicted molar refractivity (Wildman–Crippen MR) is 87.6 cm³/mol. The molecule has 0 radical (unpaired) electrons. The smallest absolute Gasteiger partial charge is 0.226 e. The van der Waals surface area contributed by atoms with Gasteiger partial charge in [0.05, 0.1) is 0 Å². The molecule has 21 heavy (non-hydrogen) atoms. The van der Waals surface area contributed by atoms with E-state index in [1.165, 1.54) is 0 Å². The van der Waals surface area contributed by atoms with E-state index in [1.807, 2.05) is 25.8 Å². The standard InChI is InChI=1S/C15H29N3O2.ClH/c1-4-6-14(19)17-10-13-7-5-8-18(11-13)15(20)12(2)9-16-3;/h12-13,16H,4-11H2,1-3H3,(H,17,19);1H. The quantitative estimate of drug-likeness (QED) is 0.746. The van der Waals surface area contributed by atoms with E-state index in [0.717, 1.165) is 32.4 Å². The lowest BCUT2D eigenvalue weighted by molar-refractivity contribution is -0.136. The van der Waals surface area contributed by atoms with Crippen molar-refractivity contribution < 1.29 is 9.59 Å². The molecule has 1 fully saturated rings. The van der Waals surface area contributed by atoms with Gasteiger partial charge in [0.2, 0.25) is 11.8 Å². The van der Waals surface area contributed by atoms with Gasteiger partial charge in [-0.05, 0) is 32.2 Å². The van der Waals surface area contributed by atoms with E-state index < -0.39 is 0 Å². The molecule has 2 N–H and O–H groups in total. The summed E-state index contributed by atoms with van der Waals surface area (Å²) in [7, 11) is 1.87. The van der Waals surface area contributed by atoms with E-state index in [4.69, 9.17) is 0 Å². The largest absolute Gasteiger partial charge is 0.356 e. The second-order valence-corrected chi connectivity index (χ2v) is 5.81. The first-order valence-corrected chi connectivity index (χ1v) is 7.78. The van der Waals surface area contributed by atoms with Gasteiger partial charge in [-0.15, -0.1) is 12.4 Å². The van der Waals surface area contributed by atoms with Gasteiger partial charge in [0.25, 0.3) is 0 Å². The van der Waals surface area contributed by atoms with Gasteiger partial charge in [0, 0.05) is 38.5 Å². The lowest BCUT2D eigenvalue weighted by Gasteiger charge is -2.34. The molecule has 0 spiro atoms. The Bertz CT molecular complexity index is 326. The molecule has 1 saturated heterocycles. The molecule has 2 atom stereocenters. The summed E-state index contributed by atoms with van der Waals surface area (Å²) in [5.74, 6) is 0.771. The Kier molecular flexibility index (Phi) is 10.4. The lowest BCUT2D eigenvalue weighted by atomic mass is 9.96. The van der Waals surface area contributed by atoms with Gasteiger partial charge in [-0.3, -0.25) is 9.59 Å². The van der Waals surface area contributed by atoms with Crippen LogP contribution in [0.5, 0.6) is 0 Å². The van der Waals surface area contributed by atoms with Gasteiger partial charge >= 0.3 is 0 Å². The Morgan fingerprint density at radius 2 is 2.10 bits per heavy atom. The highest BCUT2D eigenvalue weighted by Gasteiger charge is 2.26. The fraction of sp³-hybridized carbons (Fsp3) is 0.867. The van der Waals surface area contributed by atoms with Gasteiger partial charge in [-0.2, -0.15) is 0 Å². The number of hydrogen-bond donors (Lipinski definition) is 2. The van der Waals surface area contributed by atoms with Crippen molar-refractivity contribution in [2.24, 2.45) is 11.8 Å². The highest BCUT2D eigenvalue weighted by Crippen LogP contribution is 2.17. The summed E-state index contributed by atoms with van der Waals surface area (Å²) in [5, 5.41) is 6.03. The second-order valence-electron chi connectivity index (χ2n) is 5.81. The molecule has 0 bridgehead atoms. The summed E-state index contributed by atoms with van der Waals surface area (Å²) in [6, 6.07) is 0. The molecule has 1 rings (SSSR count). The molecule has 0 aromatic rings. The molecule has 1 aliphatic heterocycles. The number of likely N-dealkylation sites (tertiary alicyclic amines) is 1. The fourth-order valence-corrected chi connectivity index (χ4v) is 2.71. The zero-order valence-corrected chi connectivity index (χ0v) is 14.3. The number of halogens is 1. The number of rotatable bonds is 7. The zero-order valence-electron chi connectivity index (χ0n) is 13.5. The third-order valence-corrected chi connectivity index (χ3v) is 3.83. The molecule has 0 aromatic heterocycles. The number of nitrogens with zero attached hydrogens (tertiary/aromatic N) is 1. The monoisotopic (exact) mass is 319 g/mol. The average Bonchev–Trinajstić information content (AvgIpc) is 2.45. The number of nitrogens with one attached hydrogen (secondary N) is 2. The number of carbonyl (C=O) groups excluding carboxylic acids is 2. The number of piperidine rings is 1. The average molecular weight is 320 g/mol. The molecule has 0 saturated carbocycles. The SMILES string of the molecule is CCCC(=O)NCC1CCCN(C(=O)C(C)CNC)C1.Cl. The molecule has 6 heteroatoms. The highest BCUT2D eigenvalue weighted by molar-refractivity contribution is 5.85. The van der Waals surface area contributed by atoms with Crippen molar-refractivity contribution in [2.75, 3.05) is 33.2 Å². The Labute approximate surface area is 134 Å². The maximum absolute atomic E-state index is 12.3. The molecule has 1 aliphatic rings. The summed E-state index contributed by atoms with van der Waals surface area (Å²) >= 11 is 0. The Hall–Kier alpha value is -0.810. The molecule has 2 amide bonds. The first-order valence-electron chi connectivity index (χ1n) is 7.78. The van der Waals surface area contributed by atoms with Gasteiger partial charge in [-0.25, -0.2) is 0 Å². The van der Waals surface area contributed by atoms with E-state index >= 15 is 0 Å². The normalized spacial score (nSPS) is 19.6. The van der Waals surface area contributed by atoms with Crippen LogP contribution in [0.25, 0.3) is 0 Å². The summed E-state index contributed by atoms with van der Waals surface area (Å²) < 4.78 is 0. The van der Waals surface area contributed by atoms with Crippen molar-refractivity contribution in [3.05, 3.63) is 0 Å². The van der Waals surface area contributed by atoms with Crippen LogP contribution in [-0.4, -0.2) is 49.9 Å². The maximum Gasteiger partial charge on any atom is 0.226 e. The van der Waals surface area contributed by atoms with Crippen LogP contribution < -0.4 is 10.6 Å². The van der Waals surface area contributed by atoms with Crippen molar-refractivity contribution in [3.8, 4) is 0 Å². The van der Waals surface area contributed by atoms with Crippen LogP contribution in [0.3, 0.4) is 0 Å². The Balaban J connectivity index is 0.00000400. The minimum Gasteiger partial charge on any atom is -0.356 e. The second kappa shape index (κ2) is 10.9. The molecule has 0 aliphatic carbocycles. The summed E-state index contributed by atoms with van der Waals surface area (Å²) in [6.07, 6.45) is 3.60. The van der Waals surface area contributed by atoms with Crippen LogP contribution >= 0.6 is 12.4 Å². The van der Waals surface area contributed by atoms with Crippen molar-refractivity contribution in [3.63, 3.8) is 0 Å². The third-order valence-electron chi connectivity index (χ3n) is 3.83. The third kappa shape index (κ3) is 7.14. The zero-order chi connectivity index (χ0) is 15.0. The minimum atomic E-state index is 0. The van der Waals surface area contributed by atoms with E-state index in [9.17, 15) is 9.59 Å². The van der Waals surface area contributed by atoms with Crippen LogP contribution in [-0.2, 0) is 9.59 Å². The predicted octanol–water partition coefficient (Wildman–Crippen LogP) is 1.42. The van der Waals surface area contributed by atoms with Crippen LogP contribution in [0.4, 0.5) is 0 Å². The number of hydrogen-bond acceptors (Lipinski definition) is 3. The minimum absolute atomic E-state index is 0. The van der Waals surface area contributed by atoms with E-state index in [1.54, 1.807) is 0 Å². The molecule has 1 heterocycles. The van der Waals surface area contributed by atoms with Crippen molar-refractivity contribution >= 4 is 24.2 Å². The van der Waals surface area contributed by atoms with Crippen LogP contribution in [0, 0.1) is 11.8 Å². The van der Waals surface area contributed by atoms with Crippen molar-refractivity contribution in [1.29, 1.82) is 0 Å². The van der Waals surface area contributed by atoms with Crippen LogP contribution in [0.2, 0.25) is 0 Å². The van der Waals surface area contributed by atoms with E-state index in [0.29, 0.717) is 25.4 Å². The summed E-state index contributed by atoms with van der Waals surface area (Å²) in [5.41, 5.74) is 0. The molecule has 0 aromatic carbocycles. The Morgan fingerprint density at radius 3 is 2.71 bits per heavy atom. The first kappa shape index (κ1) is 20.2. The molecule has 5 nitrogen and oxygen atoms in total. The highest BCUT2D eigenvalue weighted by atomic mass is 35.5. The molecule has 2 unspecified atom stereocenters. The van der Waals surface area contributed by atoms with Gasteiger partial charge in [0.1, 0.15) is 0 Å². The van der Waals surface area contributed by atoms with Crippen LogP contribution in [0.15, 0.2) is 0 Å². The van der Waals surface area contributed by atoms with Gasteiger partial charge in [0.15, 0.2) is 0 Å². The van der Waals surface area contributed by atoms with Gasteiger partial charge < -0.3 is 15.5 Å². The maximum atomic E-state index is 12.3. The molecular formula is C15H30ClN3O2. The van der Waals surface area contributed by atoms with Crippen LogP contribution in [0.1, 0.15) is 39.5 Å². The number of amides is 2. The first-order chi connectivity index (χ1) is 9.58. The van der Waals surface area contributed by atoms with Gasteiger partial charge in [-0.1, -0.05) is 13.8 Å². The summed E-state index contributed by atoms with van der Waals surface area (Å²) in [6.45, 7) is 7.01. The van der Waals surface area contributed by atoms with Crippen molar-refractivity contribution in [2.45, 2.75) is 39.5 Å². The number of carbonyl (C=O) groups is 2. The molecular weight excluding hydrogens is 290 g/mol.